The van der Waals surface area contributed by atoms with E-state index < -0.39 is 6.43 Å². The summed E-state index contributed by atoms with van der Waals surface area (Å²) in [5.74, 6) is 0.622. The normalized spacial score (nSPS) is 15.9. The molecule has 0 bridgehead atoms. The Morgan fingerprint density at radius 2 is 1.93 bits per heavy atom. The van der Waals surface area contributed by atoms with Crippen LogP contribution in [-0.2, 0) is 4.79 Å². The number of hydrogen-bond donors (Lipinski definition) is 1. The monoisotopic (exact) mass is 423 g/mol. The van der Waals surface area contributed by atoms with Crippen LogP contribution in [0.25, 0.3) is 5.69 Å². The van der Waals surface area contributed by atoms with Crippen LogP contribution >= 0.6 is 11.8 Å². The van der Waals surface area contributed by atoms with Gasteiger partial charge >= 0.3 is 0 Å². The molecule has 0 spiro atoms. The van der Waals surface area contributed by atoms with Crippen molar-refractivity contribution in [3.8, 4) is 5.69 Å². The van der Waals surface area contributed by atoms with Crippen LogP contribution in [0.4, 0.5) is 8.78 Å². The highest BCUT2D eigenvalue weighted by Gasteiger charge is 2.22. The van der Waals surface area contributed by atoms with Crippen molar-refractivity contribution in [2.24, 2.45) is 0 Å². The number of rotatable bonds is 8. The van der Waals surface area contributed by atoms with Gasteiger partial charge in [-0.05, 0) is 36.5 Å². The summed E-state index contributed by atoms with van der Waals surface area (Å²) in [5, 5.41) is 11.8. The summed E-state index contributed by atoms with van der Waals surface area (Å²) < 4.78 is 26.8. The van der Waals surface area contributed by atoms with Crippen LogP contribution in [0.3, 0.4) is 0 Å². The Hall–Kier alpha value is -2.00. The highest BCUT2D eigenvalue weighted by Crippen LogP contribution is 2.22. The van der Waals surface area contributed by atoms with Crippen molar-refractivity contribution in [3.63, 3.8) is 0 Å². The maximum Gasteiger partial charge on any atom is 0.251 e. The van der Waals surface area contributed by atoms with Gasteiger partial charge in [0.05, 0.1) is 12.3 Å². The quantitative estimate of drug-likeness (QED) is 0.660. The highest BCUT2D eigenvalue weighted by atomic mass is 32.2. The molecule has 0 aliphatic carbocycles. The molecular formula is C20H27F2N5OS. The van der Waals surface area contributed by atoms with E-state index in [1.54, 1.807) is 11.2 Å². The standard InChI is InChI=1S/C20H27F2N5OS/c1-14(2)15-3-5-17(6-4-15)27-13-23-25-20(27)29-12-19(28)24-16-7-9-26(10-8-16)11-18(21)22/h3-6,13-14,16,18H,7-12H2,1-2H3,(H,24,28). The van der Waals surface area contributed by atoms with Crippen molar-refractivity contribution in [1.29, 1.82) is 0 Å². The van der Waals surface area contributed by atoms with Crippen molar-refractivity contribution in [3.05, 3.63) is 36.2 Å². The number of thioether (sulfide) groups is 1. The molecule has 1 aromatic carbocycles. The largest absolute Gasteiger partial charge is 0.353 e. The van der Waals surface area contributed by atoms with Crippen LogP contribution in [0.2, 0.25) is 0 Å². The summed E-state index contributed by atoms with van der Waals surface area (Å²) in [7, 11) is 0. The number of hydrogen-bond acceptors (Lipinski definition) is 5. The van der Waals surface area contributed by atoms with Crippen molar-refractivity contribution >= 4 is 17.7 Å². The SMILES string of the molecule is CC(C)c1ccc(-n2cnnc2SCC(=O)NC2CCN(CC(F)F)CC2)cc1. The molecule has 1 aliphatic rings. The van der Waals surface area contributed by atoms with E-state index in [0.29, 0.717) is 37.0 Å². The lowest BCUT2D eigenvalue weighted by Gasteiger charge is -2.31. The molecule has 29 heavy (non-hydrogen) atoms. The Bertz CT molecular complexity index is 788. The number of aromatic nitrogens is 3. The zero-order chi connectivity index (χ0) is 20.8. The van der Waals surface area contributed by atoms with E-state index in [1.807, 2.05) is 16.7 Å². The van der Waals surface area contributed by atoms with E-state index in [2.05, 4.69) is 41.5 Å². The first-order valence-corrected chi connectivity index (χ1v) is 10.8. The molecule has 0 unspecified atom stereocenters. The number of likely N-dealkylation sites (tertiary alicyclic amines) is 1. The minimum atomic E-state index is -2.31. The second kappa shape index (κ2) is 10.2. The molecule has 2 heterocycles. The minimum Gasteiger partial charge on any atom is -0.353 e. The number of benzene rings is 1. The molecular weight excluding hydrogens is 396 g/mol. The Balaban J connectivity index is 1.48. The van der Waals surface area contributed by atoms with Crippen LogP contribution in [0, 0.1) is 0 Å². The van der Waals surface area contributed by atoms with E-state index >= 15 is 0 Å². The van der Waals surface area contributed by atoms with Gasteiger partial charge in [-0.15, -0.1) is 10.2 Å². The van der Waals surface area contributed by atoms with Gasteiger partial charge in [0.2, 0.25) is 5.91 Å². The molecule has 1 aliphatic heterocycles. The zero-order valence-corrected chi connectivity index (χ0v) is 17.5. The number of alkyl halides is 2. The Kier molecular flexibility index (Phi) is 7.60. The smallest absolute Gasteiger partial charge is 0.251 e. The topological polar surface area (TPSA) is 63.1 Å². The third kappa shape index (κ3) is 6.24. The summed E-state index contributed by atoms with van der Waals surface area (Å²) in [6.45, 7) is 5.28. The van der Waals surface area contributed by atoms with Gasteiger partial charge in [-0.1, -0.05) is 37.7 Å². The predicted molar refractivity (Wildman–Crippen MR) is 110 cm³/mol. The molecule has 2 aromatic rings. The van der Waals surface area contributed by atoms with E-state index in [0.717, 1.165) is 5.69 Å². The van der Waals surface area contributed by atoms with Crippen molar-refractivity contribution in [1.82, 2.24) is 25.0 Å². The molecule has 0 saturated carbocycles. The maximum absolute atomic E-state index is 12.4. The van der Waals surface area contributed by atoms with Crippen molar-refractivity contribution in [2.45, 2.75) is 50.2 Å². The van der Waals surface area contributed by atoms with Crippen LogP contribution in [0.15, 0.2) is 35.7 Å². The minimum absolute atomic E-state index is 0.0403. The molecule has 0 radical (unpaired) electrons. The molecule has 1 N–H and O–H groups in total. The molecule has 1 amide bonds. The number of nitrogens with zero attached hydrogens (tertiary/aromatic N) is 4. The second-order valence-electron chi connectivity index (χ2n) is 7.55. The van der Waals surface area contributed by atoms with E-state index in [9.17, 15) is 13.6 Å². The van der Waals surface area contributed by atoms with Crippen molar-refractivity contribution < 1.29 is 13.6 Å². The summed E-state index contributed by atoms with van der Waals surface area (Å²) in [6.07, 6.45) is 0.725. The van der Waals surface area contributed by atoms with Gasteiger partial charge < -0.3 is 5.32 Å². The first-order valence-electron chi connectivity index (χ1n) is 9.85. The van der Waals surface area contributed by atoms with E-state index in [4.69, 9.17) is 0 Å². The molecule has 3 rings (SSSR count). The number of halogens is 2. The number of carbonyl (C=O) groups excluding carboxylic acids is 1. The average molecular weight is 424 g/mol. The number of amides is 1. The molecule has 1 saturated heterocycles. The number of piperidine rings is 1. The lowest BCUT2D eigenvalue weighted by molar-refractivity contribution is -0.119. The van der Waals surface area contributed by atoms with Gasteiger partial charge in [0, 0.05) is 24.8 Å². The van der Waals surface area contributed by atoms with Crippen LogP contribution in [0.5, 0.6) is 0 Å². The van der Waals surface area contributed by atoms with E-state index in [1.165, 1.54) is 17.3 Å². The van der Waals surface area contributed by atoms with Crippen LogP contribution in [-0.4, -0.2) is 63.4 Å². The first-order chi connectivity index (χ1) is 13.9. The number of carbonyl (C=O) groups is 1. The van der Waals surface area contributed by atoms with Gasteiger partial charge in [-0.3, -0.25) is 14.3 Å². The average Bonchev–Trinajstić information content (AvgIpc) is 3.16. The Morgan fingerprint density at radius 3 is 2.55 bits per heavy atom. The Morgan fingerprint density at radius 1 is 1.24 bits per heavy atom. The summed E-state index contributed by atoms with van der Waals surface area (Å²) >= 11 is 1.33. The second-order valence-corrected chi connectivity index (χ2v) is 8.49. The van der Waals surface area contributed by atoms with Crippen LogP contribution < -0.4 is 5.32 Å². The molecule has 158 valence electrons. The molecule has 0 atom stereocenters. The summed E-state index contributed by atoms with van der Waals surface area (Å²) in [6, 6.07) is 8.26. The lowest BCUT2D eigenvalue weighted by atomic mass is 10.0. The van der Waals surface area contributed by atoms with Crippen molar-refractivity contribution in [2.75, 3.05) is 25.4 Å². The zero-order valence-electron chi connectivity index (χ0n) is 16.7. The maximum atomic E-state index is 12.4. The lowest BCUT2D eigenvalue weighted by Crippen LogP contribution is -2.46. The highest BCUT2D eigenvalue weighted by molar-refractivity contribution is 7.99. The fraction of sp³-hybridized carbons (Fsp3) is 0.550. The molecule has 9 heteroatoms. The third-order valence-corrected chi connectivity index (χ3v) is 5.98. The van der Waals surface area contributed by atoms with Gasteiger partial charge in [0.1, 0.15) is 6.33 Å². The van der Waals surface area contributed by atoms with Gasteiger partial charge in [0.15, 0.2) is 5.16 Å². The summed E-state index contributed by atoms with van der Waals surface area (Å²) in [4.78, 5) is 14.1. The molecule has 1 fully saturated rings. The van der Waals surface area contributed by atoms with Gasteiger partial charge in [-0.2, -0.15) is 0 Å². The Labute approximate surface area is 174 Å². The summed E-state index contributed by atoms with van der Waals surface area (Å²) in [5.41, 5.74) is 2.21. The van der Waals surface area contributed by atoms with E-state index in [-0.39, 0.29) is 24.2 Å². The fourth-order valence-corrected chi connectivity index (χ4v) is 4.11. The first kappa shape index (κ1) is 21.7. The fourth-order valence-electron chi connectivity index (χ4n) is 3.37. The van der Waals surface area contributed by atoms with Crippen LogP contribution in [0.1, 0.15) is 38.2 Å². The van der Waals surface area contributed by atoms with Gasteiger partial charge in [0.25, 0.3) is 6.43 Å². The third-order valence-electron chi connectivity index (χ3n) is 5.04. The van der Waals surface area contributed by atoms with Gasteiger partial charge in [-0.25, -0.2) is 8.78 Å². The number of nitrogens with one attached hydrogen (secondary N) is 1. The molecule has 6 nitrogen and oxygen atoms in total. The predicted octanol–water partition coefficient (Wildman–Crippen LogP) is 3.33. The molecule has 1 aromatic heterocycles.